The molecule has 0 aliphatic carbocycles. The van der Waals surface area contributed by atoms with E-state index in [2.05, 4.69) is 25.3 Å². The molecule has 0 aliphatic heterocycles. The second-order valence-corrected chi connectivity index (χ2v) is 8.18. The molecule has 0 saturated heterocycles. The highest BCUT2D eigenvalue weighted by molar-refractivity contribution is 7.18. The van der Waals surface area contributed by atoms with E-state index in [1.807, 2.05) is 13.8 Å². The lowest BCUT2D eigenvalue weighted by Gasteiger charge is -2.13. The summed E-state index contributed by atoms with van der Waals surface area (Å²) >= 11 is 1.51. The summed E-state index contributed by atoms with van der Waals surface area (Å²) in [5.74, 6) is 0.432. The van der Waals surface area contributed by atoms with E-state index >= 15 is 0 Å². The predicted molar refractivity (Wildman–Crippen MR) is 118 cm³/mol. The Labute approximate surface area is 177 Å². The number of hydrogen-bond donors (Lipinski definition) is 3. The molecule has 8 nitrogen and oxygen atoms in total. The third-order valence-electron chi connectivity index (χ3n) is 4.94. The Bertz CT molecular complexity index is 1170. The molecule has 0 unspecified atom stereocenters. The van der Waals surface area contributed by atoms with Crippen molar-refractivity contribution in [2.45, 2.75) is 40.0 Å². The molecular formula is C21H24N4O4S. The van der Waals surface area contributed by atoms with Gasteiger partial charge in [-0.2, -0.15) is 0 Å². The van der Waals surface area contributed by atoms with Crippen LogP contribution in [0.5, 0.6) is 0 Å². The number of H-pyrrole nitrogens is 1. The van der Waals surface area contributed by atoms with Crippen molar-refractivity contribution < 1.29 is 14.3 Å². The van der Waals surface area contributed by atoms with Crippen LogP contribution >= 0.6 is 11.3 Å². The molecule has 158 valence electrons. The molecule has 0 saturated carbocycles. The fraction of sp³-hybridized carbons (Fsp3) is 0.333. The molecule has 2 amide bonds. The molecule has 2 heterocycles. The summed E-state index contributed by atoms with van der Waals surface area (Å²) in [5.41, 5.74) is 2.75. The summed E-state index contributed by atoms with van der Waals surface area (Å²) in [4.78, 5) is 45.3. The number of hydrogen-bond acceptors (Lipinski definition) is 6. The second kappa shape index (κ2) is 9.08. The van der Waals surface area contributed by atoms with E-state index in [-0.39, 0.29) is 17.9 Å². The van der Waals surface area contributed by atoms with Crippen LogP contribution in [0.15, 0.2) is 23.0 Å². The number of benzene rings is 1. The smallest absolute Gasteiger partial charge is 0.411 e. The van der Waals surface area contributed by atoms with Crippen LogP contribution < -0.4 is 16.2 Å². The zero-order valence-electron chi connectivity index (χ0n) is 17.3. The quantitative estimate of drug-likeness (QED) is 0.548. The zero-order valence-corrected chi connectivity index (χ0v) is 18.2. The molecule has 3 rings (SSSR count). The highest BCUT2D eigenvalue weighted by Gasteiger charge is 2.13. The van der Waals surface area contributed by atoms with Gasteiger partial charge >= 0.3 is 6.09 Å². The lowest BCUT2D eigenvalue weighted by atomic mass is 10.1. The van der Waals surface area contributed by atoms with Crippen molar-refractivity contribution >= 4 is 44.9 Å². The monoisotopic (exact) mass is 428 g/mol. The standard InChI is InChI=1S/C21H24N4O4S/c1-11-13(3)30-20-18(11)19(27)24-16(25-20)9-6-10-17(26)22-14-7-5-8-15(12(14)2)23-21(28)29-4/h5,7-8H,6,9-10H2,1-4H3,(H,22,26)(H,23,28)(H,24,25,27). The number of fused-ring (bicyclic) bond motifs is 1. The zero-order chi connectivity index (χ0) is 21.8. The Morgan fingerprint density at radius 1 is 1.13 bits per heavy atom. The Morgan fingerprint density at radius 3 is 2.53 bits per heavy atom. The van der Waals surface area contributed by atoms with Crippen LogP contribution in [0.2, 0.25) is 0 Å². The van der Waals surface area contributed by atoms with Crippen molar-refractivity contribution in [3.05, 3.63) is 50.4 Å². The molecule has 3 aromatic rings. The predicted octanol–water partition coefficient (Wildman–Crippen LogP) is 4.05. The van der Waals surface area contributed by atoms with E-state index < -0.39 is 6.09 Å². The Balaban J connectivity index is 1.60. The van der Waals surface area contributed by atoms with Gasteiger partial charge in [0.15, 0.2) is 0 Å². The number of anilines is 2. The van der Waals surface area contributed by atoms with E-state index in [1.54, 1.807) is 25.1 Å². The average molecular weight is 429 g/mol. The highest BCUT2D eigenvalue weighted by Crippen LogP contribution is 2.26. The number of aromatic nitrogens is 2. The highest BCUT2D eigenvalue weighted by atomic mass is 32.1. The number of methoxy groups -OCH3 is 1. The topological polar surface area (TPSA) is 113 Å². The van der Waals surface area contributed by atoms with Crippen LogP contribution in [-0.2, 0) is 16.0 Å². The van der Waals surface area contributed by atoms with Crippen LogP contribution in [0.4, 0.5) is 16.2 Å². The minimum absolute atomic E-state index is 0.133. The van der Waals surface area contributed by atoms with Gasteiger partial charge in [-0.05, 0) is 50.5 Å². The van der Waals surface area contributed by atoms with Gasteiger partial charge in [-0.25, -0.2) is 9.78 Å². The van der Waals surface area contributed by atoms with Crippen LogP contribution in [0, 0.1) is 20.8 Å². The lowest BCUT2D eigenvalue weighted by Crippen LogP contribution is -2.16. The van der Waals surface area contributed by atoms with Gasteiger partial charge in [0.25, 0.3) is 5.56 Å². The number of nitrogens with one attached hydrogen (secondary N) is 3. The van der Waals surface area contributed by atoms with E-state index in [1.165, 1.54) is 18.4 Å². The first kappa shape index (κ1) is 21.5. The summed E-state index contributed by atoms with van der Waals surface area (Å²) in [6.07, 6.45) is 0.745. The second-order valence-electron chi connectivity index (χ2n) is 6.97. The van der Waals surface area contributed by atoms with Crippen LogP contribution in [0.3, 0.4) is 0 Å². The maximum atomic E-state index is 12.4. The van der Waals surface area contributed by atoms with Gasteiger partial charge in [-0.3, -0.25) is 14.9 Å². The van der Waals surface area contributed by atoms with E-state index in [0.29, 0.717) is 35.4 Å². The van der Waals surface area contributed by atoms with E-state index in [0.717, 1.165) is 20.8 Å². The molecule has 0 fully saturated rings. The van der Waals surface area contributed by atoms with Gasteiger partial charge in [-0.1, -0.05) is 6.07 Å². The first-order valence-corrected chi connectivity index (χ1v) is 10.3. The number of ether oxygens (including phenoxy) is 1. The van der Waals surface area contributed by atoms with Crippen LogP contribution in [0.25, 0.3) is 10.2 Å². The minimum Gasteiger partial charge on any atom is -0.453 e. The number of amides is 2. The maximum absolute atomic E-state index is 12.4. The van der Waals surface area contributed by atoms with E-state index in [9.17, 15) is 14.4 Å². The van der Waals surface area contributed by atoms with Gasteiger partial charge in [0.1, 0.15) is 10.7 Å². The van der Waals surface area contributed by atoms with Crippen LogP contribution in [-0.4, -0.2) is 29.1 Å². The molecule has 0 radical (unpaired) electrons. The minimum atomic E-state index is -0.573. The summed E-state index contributed by atoms with van der Waals surface area (Å²) in [5, 5.41) is 6.12. The summed E-state index contributed by atoms with van der Waals surface area (Å²) in [6, 6.07) is 5.24. The number of rotatable bonds is 6. The molecule has 30 heavy (non-hydrogen) atoms. The Morgan fingerprint density at radius 2 is 1.83 bits per heavy atom. The fourth-order valence-electron chi connectivity index (χ4n) is 3.11. The van der Waals surface area contributed by atoms with Crippen molar-refractivity contribution in [2.75, 3.05) is 17.7 Å². The number of aromatic amines is 1. The molecule has 0 bridgehead atoms. The van der Waals surface area contributed by atoms with Crippen LogP contribution in [0.1, 0.15) is 34.7 Å². The van der Waals surface area contributed by atoms with Gasteiger partial charge in [0, 0.05) is 29.1 Å². The van der Waals surface area contributed by atoms with Crippen molar-refractivity contribution in [3.8, 4) is 0 Å². The van der Waals surface area contributed by atoms with Gasteiger partial charge < -0.3 is 15.0 Å². The average Bonchev–Trinajstić information content (AvgIpc) is 2.99. The summed E-state index contributed by atoms with van der Waals surface area (Å²) < 4.78 is 4.60. The Hall–Kier alpha value is -3.20. The molecular weight excluding hydrogens is 404 g/mol. The third-order valence-corrected chi connectivity index (χ3v) is 6.04. The third kappa shape index (κ3) is 4.68. The molecule has 2 aromatic heterocycles. The number of thiophene rings is 1. The fourth-order valence-corrected chi connectivity index (χ4v) is 4.16. The first-order chi connectivity index (χ1) is 14.3. The van der Waals surface area contributed by atoms with Gasteiger partial charge in [0.2, 0.25) is 5.91 Å². The molecule has 9 heteroatoms. The normalized spacial score (nSPS) is 10.8. The van der Waals surface area contributed by atoms with Crippen molar-refractivity contribution in [1.82, 2.24) is 9.97 Å². The summed E-state index contributed by atoms with van der Waals surface area (Å²) in [7, 11) is 1.29. The summed E-state index contributed by atoms with van der Waals surface area (Å²) in [6.45, 7) is 5.70. The number of nitrogens with zero attached hydrogens (tertiary/aromatic N) is 1. The number of aryl methyl sites for hydroxylation is 3. The van der Waals surface area contributed by atoms with Gasteiger partial charge in [0.05, 0.1) is 12.5 Å². The van der Waals surface area contributed by atoms with E-state index in [4.69, 9.17) is 0 Å². The largest absolute Gasteiger partial charge is 0.453 e. The molecule has 1 aromatic carbocycles. The van der Waals surface area contributed by atoms with Crippen molar-refractivity contribution in [2.24, 2.45) is 0 Å². The molecule has 0 atom stereocenters. The number of carbonyl (C=O) groups excluding carboxylic acids is 2. The molecule has 3 N–H and O–H groups in total. The first-order valence-electron chi connectivity index (χ1n) is 9.53. The SMILES string of the molecule is COC(=O)Nc1cccc(NC(=O)CCCc2nc3sc(C)c(C)c3c(=O)[nH]2)c1C. The molecule has 0 spiro atoms. The number of carbonyl (C=O) groups is 2. The van der Waals surface area contributed by atoms with Crippen molar-refractivity contribution in [1.29, 1.82) is 0 Å². The van der Waals surface area contributed by atoms with Gasteiger partial charge in [-0.15, -0.1) is 11.3 Å². The maximum Gasteiger partial charge on any atom is 0.411 e. The Kier molecular flexibility index (Phi) is 6.51. The molecule has 0 aliphatic rings. The van der Waals surface area contributed by atoms with Crippen molar-refractivity contribution in [3.63, 3.8) is 0 Å². The lowest BCUT2D eigenvalue weighted by molar-refractivity contribution is -0.116.